The Kier molecular flexibility index (Phi) is 65.4. The van der Waals surface area contributed by atoms with Crippen LogP contribution in [0.2, 0.25) is 0 Å². The molecule has 0 aromatic carbocycles. The summed E-state index contributed by atoms with van der Waals surface area (Å²) in [5.74, 6) is 0. The molecule has 0 heterocycles. The van der Waals surface area contributed by atoms with Gasteiger partial charge in [-0.15, -0.1) is 0 Å². The molecule has 0 saturated carbocycles. The van der Waals surface area contributed by atoms with Crippen LogP contribution >= 0.6 is 0 Å². The zero-order valence-electron chi connectivity index (χ0n) is 1.73. The molecule has 0 aromatic rings. The fourth-order valence-electron chi connectivity index (χ4n) is 0. The molecule has 0 rings (SSSR count). The van der Waals surface area contributed by atoms with Crippen LogP contribution in [-0.2, 0) is 0 Å². The van der Waals surface area contributed by atoms with Crippen molar-refractivity contribution >= 4 is 81.1 Å². The minimum absolute atomic E-state index is 0. The summed E-state index contributed by atoms with van der Waals surface area (Å²) in [5, 5.41) is 0. The third-order valence-corrected chi connectivity index (χ3v) is 0. The van der Waals surface area contributed by atoms with Gasteiger partial charge in [0, 0.05) is 0 Å². The molecule has 0 nitrogen and oxygen atoms in total. The second-order valence-electron chi connectivity index (χ2n) is 0. The van der Waals surface area contributed by atoms with E-state index in [-0.39, 0.29) is 43.8 Å². The van der Waals surface area contributed by atoms with Gasteiger partial charge in [0.2, 0.25) is 0 Å². The number of hydrogen-bond acceptors (Lipinski definition) is 0. The van der Waals surface area contributed by atoms with Crippen LogP contribution in [0.1, 0.15) is 0 Å². The van der Waals surface area contributed by atoms with Crippen LogP contribution in [0.15, 0.2) is 0 Å². The van der Waals surface area contributed by atoms with Gasteiger partial charge in [-0.1, -0.05) is 0 Å². The van der Waals surface area contributed by atoms with Crippen molar-refractivity contribution in [3.05, 3.63) is 0 Å². The molecule has 0 unspecified atom stereocenters. The van der Waals surface area contributed by atoms with Crippen LogP contribution in [0.5, 0.6) is 0 Å². The van der Waals surface area contributed by atoms with Crippen LogP contribution in [0, 0.1) is 0 Å². The maximum atomic E-state index is 1.88. The fraction of sp³-hybridized carbons (Fsp3) is 0. The molecule has 0 aliphatic carbocycles. The van der Waals surface area contributed by atoms with Gasteiger partial charge in [0.1, 0.15) is 0 Å². The van der Waals surface area contributed by atoms with E-state index in [0.29, 0.717) is 0 Å². The summed E-state index contributed by atoms with van der Waals surface area (Å²) in [6, 6.07) is 0. The van der Waals surface area contributed by atoms with E-state index in [0.717, 1.165) is 0 Å². The van der Waals surface area contributed by atoms with E-state index in [4.69, 9.17) is 0 Å². The number of hydrogen-bond donors (Lipinski definition) is 0. The fourth-order valence-corrected chi connectivity index (χ4v) is 0. The summed E-state index contributed by atoms with van der Waals surface area (Å²) in [4.78, 5) is 0. The summed E-state index contributed by atoms with van der Waals surface area (Å²) in [5.41, 5.74) is 0. The van der Waals surface area contributed by atoms with Gasteiger partial charge < -0.3 is 0 Å². The molecule has 0 atom stereocenters. The zero-order chi connectivity index (χ0) is 2.00. The van der Waals surface area contributed by atoms with E-state index in [9.17, 15) is 0 Å². The average Bonchev–Trinajstić information content (AvgIpc) is 1.00. The first-order chi connectivity index (χ1) is 1.00. The van der Waals surface area contributed by atoms with Crippen LogP contribution < -0.4 is 0 Å². The van der Waals surface area contributed by atoms with Crippen molar-refractivity contribution in [1.29, 1.82) is 0 Å². The van der Waals surface area contributed by atoms with Gasteiger partial charge in [-0.25, -0.2) is 0 Å². The van der Waals surface area contributed by atoms with E-state index >= 15 is 0 Å². The second-order valence-corrected chi connectivity index (χ2v) is 0. The zero-order valence-corrected chi connectivity index (χ0v) is 13.1. The molecule has 0 aromatic heterocycles. The first kappa shape index (κ1) is 15.7. The van der Waals surface area contributed by atoms with Crippen molar-refractivity contribution < 1.29 is 0 Å². The van der Waals surface area contributed by atoms with E-state index in [1.165, 1.54) is 19.1 Å². The quantitative estimate of drug-likeness (QED) is 0.274. The Hall–Kier alpha value is 3.03. The number of rotatable bonds is 0. The summed E-state index contributed by atoms with van der Waals surface area (Å²) < 4.78 is 0. The van der Waals surface area contributed by atoms with Crippen LogP contribution in [0.25, 0.3) is 0 Å². The first-order valence-electron chi connectivity index (χ1n) is 0.258. The Balaban J connectivity index is -0.00000000500. The molecular formula is H10BiGeSbTe. The average molecular weight is 541 g/mol. The SMILES string of the molecule is [BiH3].[GeH4].[SbH2][TeH]. The molecule has 0 bridgehead atoms. The van der Waals surface area contributed by atoms with Crippen molar-refractivity contribution in [3.8, 4) is 0 Å². The van der Waals surface area contributed by atoms with Crippen molar-refractivity contribution in [2.75, 3.05) is 0 Å². The van der Waals surface area contributed by atoms with Gasteiger partial charge >= 0.3 is 81.1 Å². The molecular weight excluding hydrogens is 531 g/mol. The molecule has 4 heavy (non-hydrogen) atoms. The Labute approximate surface area is 79.4 Å². The molecule has 0 N–H and O–H groups in total. The molecule has 4 heteroatoms. The predicted molar refractivity (Wildman–Crippen MR) is 37.0 cm³/mol. The summed E-state index contributed by atoms with van der Waals surface area (Å²) in [6.45, 7) is 0. The summed E-state index contributed by atoms with van der Waals surface area (Å²) in [6.07, 6.45) is 0. The standard InChI is InChI=1S/Bi.GeH4.Sb.H2Te.5H/h;1H4;;1H2;;;;;/q;;+1;;;;;;/p-1. The minimum atomic E-state index is 0. The van der Waals surface area contributed by atoms with Crippen molar-refractivity contribution in [3.63, 3.8) is 0 Å². The predicted octanol–water partition coefficient (Wildman–Crippen LogP) is -4.20. The normalized spacial score (nSPS) is 1.50. The molecule has 0 aliphatic heterocycles. The third kappa shape index (κ3) is 8.90. The van der Waals surface area contributed by atoms with Gasteiger partial charge in [0.05, 0.1) is 0 Å². The van der Waals surface area contributed by atoms with E-state index in [1.54, 1.807) is 0 Å². The first-order valence-corrected chi connectivity index (χ1v) is 11.6. The molecule has 0 spiro atoms. The van der Waals surface area contributed by atoms with Gasteiger partial charge in [-0.3, -0.25) is 0 Å². The Bertz CT molecular complexity index is 8.00. The van der Waals surface area contributed by atoms with E-state index in [2.05, 4.69) is 0 Å². The molecule has 0 saturated heterocycles. The Morgan fingerprint density at radius 1 is 1.25 bits per heavy atom. The van der Waals surface area contributed by atoms with Gasteiger partial charge in [-0.2, -0.15) is 0 Å². The Morgan fingerprint density at radius 2 is 1.25 bits per heavy atom. The van der Waals surface area contributed by atoms with Gasteiger partial charge in [0.15, 0.2) is 0 Å². The van der Waals surface area contributed by atoms with Crippen molar-refractivity contribution in [2.45, 2.75) is 0 Å². The van der Waals surface area contributed by atoms with E-state index in [1.807, 2.05) is 18.2 Å². The van der Waals surface area contributed by atoms with Gasteiger partial charge in [0.25, 0.3) is 0 Å². The summed E-state index contributed by atoms with van der Waals surface area (Å²) >= 11 is 3.28. The van der Waals surface area contributed by atoms with Crippen LogP contribution in [0.3, 0.4) is 0 Å². The topological polar surface area (TPSA) is 0 Å². The van der Waals surface area contributed by atoms with Crippen molar-refractivity contribution in [1.82, 2.24) is 0 Å². The third-order valence-electron chi connectivity index (χ3n) is 0. The Morgan fingerprint density at radius 3 is 1.25 bits per heavy atom. The van der Waals surface area contributed by atoms with Gasteiger partial charge in [-0.05, 0) is 0 Å². The van der Waals surface area contributed by atoms with Crippen LogP contribution in [-0.4, -0.2) is 81.1 Å². The molecule has 0 amide bonds. The monoisotopic (exact) mass is 544 g/mol. The maximum absolute atomic E-state index is 1.88. The summed E-state index contributed by atoms with van der Waals surface area (Å²) in [7, 11) is 0. The second kappa shape index (κ2) is 16.6. The molecule has 30 valence electrons. The molecule has 0 fully saturated rings. The molecule has 0 radical (unpaired) electrons. The van der Waals surface area contributed by atoms with Crippen LogP contribution in [0.4, 0.5) is 0 Å². The van der Waals surface area contributed by atoms with E-state index < -0.39 is 0 Å². The van der Waals surface area contributed by atoms with Crippen molar-refractivity contribution in [2.24, 2.45) is 0 Å². The molecule has 0 aliphatic rings.